The number of hydrogen-bond donors (Lipinski definition) is 0. The van der Waals surface area contributed by atoms with Gasteiger partial charge in [0.2, 0.25) is 11.8 Å². The highest BCUT2D eigenvalue weighted by Crippen LogP contribution is 2.16. The second-order valence-electron chi connectivity index (χ2n) is 5.84. The van der Waals surface area contributed by atoms with Crippen LogP contribution in [0.1, 0.15) is 50.7 Å². The summed E-state index contributed by atoms with van der Waals surface area (Å²) in [4.78, 5) is 18.5. The van der Waals surface area contributed by atoms with Gasteiger partial charge in [0.05, 0.1) is 12.5 Å². The first kappa shape index (κ1) is 17.7. The van der Waals surface area contributed by atoms with Crippen molar-refractivity contribution in [3.63, 3.8) is 0 Å². The van der Waals surface area contributed by atoms with Gasteiger partial charge in [-0.3, -0.25) is 4.79 Å². The van der Waals surface area contributed by atoms with Crippen LogP contribution in [0.3, 0.4) is 0 Å². The first-order chi connectivity index (χ1) is 11.6. The largest absolute Gasteiger partial charge is 0.339 e. The molecule has 0 atom stereocenters. The van der Waals surface area contributed by atoms with E-state index in [-0.39, 0.29) is 11.8 Å². The van der Waals surface area contributed by atoms with Gasteiger partial charge in [-0.05, 0) is 18.6 Å². The topological polar surface area (TPSA) is 83.0 Å². The Morgan fingerprint density at radius 2 is 2.08 bits per heavy atom. The van der Waals surface area contributed by atoms with Gasteiger partial charge in [0, 0.05) is 31.0 Å². The third-order valence-electron chi connectivity index (χ3n) is 3.60. The van der Waals surface area contributed by atoms with E-state index in [4.69, 9.17) is 9.78 Å². The van der Waals surface area contributed by atoms with Gasteiger partial charge >= 0.3 is 0 Å². The molecule has 2 aromatic rings. The third kappa shape index (κ3) is 4.92. The van der Waals surface area contributed by atoms with Crippen LogP contribution >= 0.6 is 0 Å². The number of aryl methyl sites for hydroxylation is 1. The van der Waals surface area contributed by atoms with E-state index in [0.29, 0.717) is 43.9 Å². The van der Waals surface area contributed by atoms with Crippen LogP contribution in [0.15, 0.2) is 34.9 Å². The van der Waals surface area contributed by atoms with E-state index in [1.807, 2.05) is 44.2 Å². The number of aromatic nitrogens is 2. The zero-order chi connectivity index (χ0) is 17.4. The highest BCUT2D eigenvalue weighted by molar-refractivity contribution is 5.93. The average Bonchev–Trinajstić information content (AvgIpc) is 3.05. The molecule has 0 bridgehead atoms. The van der Waals surface area contributed by atoms with Crippen LogP contribution in [0.2, 0.25) is 0 Å². The molecule has 6 heteroatoms. The van der Waals surface area contributed by atoms with Crippen molar-refractivity contribution in [2.75, 3.05) is 11.4 Å². The van der Waals surface area contributed by atoms with Crippen LogP contribution in [-0.2, 0) is 11.2 Å². The predicted octanol–water partition coefficient (Wildman–Crippen LogP) is 3.46. The predicted molar refractivity (Wildman–Crippen MR) is 90.4 cm³/mol. The summed E-state index contributed by atoms with van der Waals surface area (Å²) >= 11 is 0. The SMILES string of the molecule is CC(C)c1noc(CCCC(=O)N(CCC#N)c2ccccc2)n1. The van der Waals surface area contributed by atoms with Gasteiger partial charge in [-0.15, -0.1) is 0 Å². The summed E-state index contributed by atoms with van der Waals surface area (Å²) in [5.74, 6) is 1.48. The summed E-state index contributed by atoms with van der Waals surface area (Å²) in [6.45, 7) is 4.41. The van der Waals surface area contributed by atoms with Crippen LogP contribution < -0.4 is 4.90 Å². The lowest BCUT2D eigenvalue weighted by Gasteiger charge is -2.21. The standard InChI is InChI=1S/C18H22N4O2/c1-14(2)18-20-16(24-21-18)10-6-11-17(23)22(13-7-12-19)15-8-4-3-5-9-15/h3-5,8-9,14H,6-7,10-11,13H2,1-2H3. The number of benzene rings is 1. The summed E-state index contributed by atoms with van der Waals surface area (Å²) in [5.41, 5.74) is 0.817. The zero-order valence-electron chi connectivity index (χ0n) is 14.1. The zero-order valence-corrected chi connectivity index (χ0v) is 14.1. The Morgan fingerprint density at radius 1 is 1.33 bits per heavy atom. The lowest BCUT2D eigenvalue weighted by molar-refractivity contribution is -0.118. The first-order valence-electron chi connectivity index (χ1n) is 8.16. The molecule has 0 spiro atoms. The molecule has 1 aromatic heterocycles. The van der Waals surface area contributed by atoms with Crippen LogP contribution in [-0.4, -0.2) is 22.6 Å². The number of amides is 1. The molecule has 24 heavy (non-hydrogen) atoms. The van der Waals surface area contributed by atoms with Crippen molar-refractivity contribution in [2.45, 2.75) is 45.4 Å². The van der Waals surface area contributed by atoms with Gasteiger partial charge in [0.15, 0.2) is 5.82 Å². The van der Waals surface area contributed by atoms with Crippen molar-refractivity contribution in [1.29, 1.82) is 5.26 Å². The average molecular weight is 326 g/mol. The second-order valence-corrected chi connectivity index (χ2v) is 5.84. The van der Waals surface area contributed by atoms with Crippen molar-refractivity contribution in [1.82, 2.24) is 10.1 Å². The van der Waals surface area contributed by atoms with Gasteiger partial charge in [0.25, 0.3) is 0 Å². The number of rotatable bonds is 8. The number of nitrogens with zero attached hydrogens (tertiary/aromatic N) is 4. The molecule has 0 aliphatic rings. The molecule has 2 rings (SSSR count). The molecule has 0 aliphatic heterocycles. The molecule has 0 unspecified atom stereocenters. The first-order valence-corrected chi connectivity index (χ1v) is 8.16. The molecule has 0 aliphatic carbocycles. The molecule has 0 N–H and O–H groups in total. The minimum atomic E-state index is 0.0000448. The van der Waals surface area contributed by atoms with E-state index >= 15 is 0 Å². The van der Waals surface area contributed by atoms with Gasteiger partial charge in [-0.2, -0.15) is 10.2 Å². The van der Waals surface area contributed by atoms with E-state index in [2.05, 4.69) is 16.2 Å². The van der Waals surface area contributed by atoms with Crippen molar-refractivity contribution < 1.29 is 9.32 Å². The summed E-state index contributed by atoms with van der Waals surface area (Å²) in [6.07, 6.45) is 1.89. The molecular formula is C18H22N4O2. The molecule has 0 radical (unpaired) electrons. The number of anilines is 1. The quantitative estimate of drug-likeness (QED) is 0.742. The van der Waals surface area contributed by atoms with Crippen LogP contribution in [0.5, 0.6) is 0 Å². The smallest absolute Gasteiger partial charge is 0.227 e. The van der Waals surface area contributed by atoms with E-state index in [1.54, 1.807) is 4.90 Å². The minimum absolute atomic E-state index is 0.0000448. The van der Waals surface area contributed by atoms with Crippen molar-refractivity contribution in [2.24, 2.45) is 0 Å². The Hall–Kier alpha value is -2.68. The fraction of sp³-hybridized carbons (Fsp3) is 0.444. The second kappa shape index (κ2) is 8.82. The Balaban J connectivity index is 1.91. The normalized spacial score (nSPS) is 10.6. The van der Waals surface area contributed by atoms with Crippen LogP contribution in [0.25, 0.3) is 0 Å². The molecule has 1 amide bonds. The van der Waals surface area contributed by atoms with E-state index in [9.17, 15) is 4.79 Å². The van der Waals surface area contributed by atoms with E-state index in [1.165, 1.54) is 0 Å². The maximum atomic E-state index is 12.5. The Morgan fingerprint density at radius 3 is 2.71 bits per heavy atom. The maximum absolute atomic E-state index is 12.5. The fourth-order valence-corrected chi connectivity index (χ4v) is 2.30. The Kier molecular flexibility index (Phi) is 6.50. The van der Waals surface area contributed by atoms with Gasteiger partial charge in [-0.25, -0.2) is 0 Å². The van der Waals surface area contributed by atoms with Crippen molar-refractivity contribution in [3.05, 3.63) is 42.0 Å². The van der Waals surface area contributed by atoms with Crippen molar-refractivity contribution in [3.8, 4) is 6.07 Å². The van der Waals surface area contributed by atoms with Crippen LogP contribution in [0.4, 0.5) is 5.69 Å². The highest BCUT2D eigenvalue weighted by atomic mass is 16.5. The molecule has 1 heterocycles. The summed E-state index contributed by atoms with van der Waals surface area (Å²) in [7, 11) is 0. The van der Waals surface area contributed by atoms with Gasteiger partial charge < -0.3 is 9.42 Å². The van der Waals surface area contributed by atoms with Crippen LogP contribution in [0, 0.1) is 11.3 Å². The van der Waals surface area contributed by atoms with E-state index in [0.717, 1.165) is 5.69 Å². The fourth-order valence-electron chi connectivity index (χ4n) is 2.30. The third-order valence-corrected chi connectivity index (χ3v) is 3.60. The molecule has 0 saturated carbocycles. The number of carbonyl (C=O) groups excluding carboxylic acids is 1. The lowest BCUT2D eigenvalue weighted by Crippen LogP contribution is -2.31. The van der Waals surface area contributed by atoms with Crippen molar-refractivity contribution >= 4 is 11.6 Å². The van der Waals surface area contributed by atoms with E-state index < -0.39 is 0 Å². The summed E-state index contributed by atoms with van der Waals surface area (Å²) in [6, 6.07) is 11.5. The maximum Gasteiger partial charge on any atom is 0.227 e. The number of hydrogen-bond acceptors (Lipinski definition) is 5. The Labute approximate surface area is 142 Å². The number of para-hydroxylation sites is 1. The lowest BCUT2D eigenvalue weighted by atomic mass is 10.2. The molecule has 6 nitrogen and oxygen atoms in total. The molecular weight excluding hydrogens is 304 g/mol. The molecule has 1 aromatic carbocycles. The number of nitriles is 1. The summed E-state index contributed by atoms with van der Waals surface area (Å²) in [5, 5.41) is 12.7. The summed E-state index contributed by atoms with van der Waals surface area (Å²) < 4.78 is 5.19. The number of carbonyl (C=O) groups is 1. The molecule has 126 valence electrons. The molecule has 0 saturated heterocycles. The highest BCUT2D eigenvalue weighted by Gasteiger charge is 2.16. The monoisotopic (exact) mass is 326 g/mol. The van der Waals surface area contributed by atoms with Gasteiger partial charge in [0.1, 0.15) is 0 Å². The minimum Gasteiger partial charge on any atom is -0.339 e. The Bertz CT molecular complexity index is 689. The van der Waals surface area contributed by atoms with Gasteiger partial charge in [-0.1, -0.05) is 37.2 Å². The molecule has 0 fully saturated rings.